The minimum atomic E-state index is -3.69. The van der Waals surface area contributed by atoms with Crippen LogP contribution in [-0.2, 0) is 91.2 Å². The number of ether oxygens (including phenoxy) is 9. The van der Waals surface area contributed by atoms with Crippen molar-refractivity contribution in [3.05, 3.63) is 435 Å². The maximum absolute atomic E-state index is 13.2. The fourth-order valence-corrected chi connectivity index (χ4v) is 23.9. The fourth-order valence-electron chi connectivity index (χ4n) is 15.0. The molecule has 0 saturated carbocycles. The molecule has 12 aromatic carbocycles. The summed E-state index contributed by atoms with van der Waals surface area (Å²) in [4.78, 5) is 21.7. The fraction of sp³-hybridized carbons (Fsp3) is 0.149. The van der Waals surface area contributed by atoms with Crippen LogP contribution in [0.25, 0.3) is 55.6 Å². The van der Waals surface area contributed by atoms with Gasteiger partial charge in [0.2, 0.25) is 0 Å². The van der Waals surface area contributed by atoms with Crippen molar-refractivity contribution < 1.29 is 84.7 Å². The van der Waals surface area contributed by atoms with Crippen LogP contribution in [0.5, 0.6) is 51.7 Å². The summed E-state index contributed by atoms with van der Waals surface area (Å²) in [5.41, 5.74) is 17.8. The van der Waals surface area contributed by atoms with E-state index in [-0.39, 0.29) is 64.7 Å². The first kappa shape index (κ1) is 109. The van der Waals surface area contributed by atoms with Crippen LogP contribution >= 0.6 is 43.5 Å². The Hall–Kier alpha value is -14.4. The highest BCUT2D eigenvalue weighted by Crippen LogP contribution is 2.39. The lowest BCUT2D eigenvalue weighted by Crippen LogP contribution is -2.07. The molecule has 0 aliphatic carbocycles. The molecule has 146 heavy (non-hydrogen) atoms. The first-order chi connectivity index (χ1) is 70.1. The number of pyridine rings is 5. The van der Waals surface area contributed by atoms with E-state index in [9.17, 15) is 42.1 Å². The summed E-state index contributed by atoms with van der Waals surface area (Å²) in [6.45, 7) is 7.04. The van der Waals surface area contributed by atoms with Crippen molar-refractivity contribution in [3.8, 4) is 107 Å². The Bertz CT molecular complexity index is 7810. The van der Waals surface area contributed by atoms with Crippen LogP contribution in [0.2, 0.25) is 5.02 Å². The van der Waals surface area contributed by atoms with Crippen LogP contribution in [0, 0.1) is 20.8 Å². The van der Waals surface area contributed by atoms with E-state index in [0.29, 0.717) is 83.7 Å². The monoisotopic (exact) mass is 2200 g/mol. The Kier molecular flexibility index (Phi) is 37.9. The van der Waals surface area contributed by atoms with Crippen molar-refractivity contribution in [3.63, 3.8) is 0 Å². The second-order valence-electron chi connectivity index (χ2n) is 33.3. The summed E-state index contributed by atoms with van der Waals surface area (Å²) in [6.07, 6.45) is 16.5. The third-order valence-electron chi connectivity index (χ3n) is 22.6. The molecule has 5 aromatic heterocycles. The molecule has 24 nitrogen and oxygen atoms in total. The zero-order valence-corrected chi connectivity index (χ0v) is 89.3. The molecule has 0 unspecified atom stereocenters. The zero-order chi connectivity index (χ0) is 104. The summed E-state index contributed by atoms with van der Waals surface area (Å²) >= 11 is 12.6. The lowest BCUT2D eigenvalue weighted by molar-refractivity contribution is 0.306. The van der Waals surface area contributed by atoms with Gasteiger partial charge in [-0.1, -0.05) is 218 Å². The summed E-state index contributed by atoms with van der Waals surface area (Å²) in [6, 6.07) is 92.4. The number of aromatic nitrogens is 5. The lowest BCUT2D eigenvalue weighted by atomic mass is 10.1. The summed E-state index contributed by atoms with van der Waals surface area (Å²) < 4.78 is 179. The van der Waals surface area contributed by atoms with Gasteiger partial charge < -0.3 is 42.6 Å². The van der Waals surface area contributed by atoms with Crippen molar-refractivity contribution in [2.45, 2.75) is 87.2 Å². The maximum Gasteiger partial charge on any atom is 0.186 e. The van der Waals surface area contributed by atoms with Crippen molar-refractivity contribution in [1.82, 2.24) is 24.9 Å². The highest BCUT2D eigenvalue weighted by Gasteiger charge is 2.28. The molecule has 0 atom stereocenters. The molecule has 0 amide bonds. The standard InChI is InChI=1S/C27H25NO5S.C26H22BrNO4S.C21H21NO4S.C20H18BrNO3S.C20H18ClNO3S/c1-31-25-12-13-26(32-2)27(15-25)34(29,30)19-21-14-23(17-28-16-21)22-8-10-24(11-9-22)33-18-20-6-4-3-5-7-20;1-31-25-12-9-23(27)14-26(25)33(29,30)18-20-13-22(16-28-15-20)21-7-10-24(11-8-21)32-17-19-5-3-2-4-6-19;1-15-4-6-17(7-5-15)18-10-16(12-22-13-18)14-27(23,24)21-11-19(25-2)8-9-20(21)26-3;2*1-14-3-5-16(6-4-14)17-9-15(11-22-12-17)13-26(23,24)20-10-18(21)7-8-19(20)25-2/h3-17H,18-19H2,1-2H3;2-16H,17-18H2,1H3;4-13H,14H2,1-3H3;2*3-12H,13H2,1-2H3. The van der Waals surface area contributed by atoms with E-state index in [1.54, 1.807) is 135 Å². The molecule has 17 rings (SSSR count). The van der Waals surface area contributed by atoms with E-state index in [1.807, 2.05) is 233 Å². The average molecular weight is 2200 g/mol. The van der Waals surface area contributed by atoms with Crippen LogP contribution in [0.4, 0.5) is 0 Å². The molecule has 17 aromatic rings. The number of halogens is 3. The summed E-state index contributed by atoms with van der Waals surface area (Å²) in [5, 5.41) is 0.343. The number of benzene rings is 12. The molecule has 750 valence electrons. The molecule has 0 aliphatic heterocycles. The van der Waals surface area contributed by atoms with E-state index >= 15 is 0 Å². The first-order valence-electron chi connectivity index (χ1n) is 45.2. The van der Waals surface area contributed by atoms with Crippen LogP contribution in [0.3, 0.4) is 0 Å². The Labute approximate surface area is 874 Å². The van der Waals surface area contributed by atoms with Crippen molar-refractivity contribution in [1.29, 1.82) is 0 Å². The lowest BCUT2D eigenvalue weighted by Gasteiger charge is -2.12. The van der Waals surface area contributed by atoms with Gasteiger partial charge in [0, 0.05) is 116 Å². The highest BCUT2D eigenvalue weighted by atomic mass is 79.9. The predicted octanol–water partition coefficient (Wildman–Crippen LogP) is 24.9. The molecule has 0 radical (unpaired) electrons. The molecule has 0 aliphatic rings. The number of hydrogen-bond donors (Lipinski definition) is 0. The Morgan fingerprint density at radius 1 is 0.226 bits per heavy atom. The van der Waals surface area contributed by atoms with Gasteiger partial charge in [-0.3, -0.25) is 24.9 Å². The number of rotatable bonds is 33. The van der Waals surface area contributed by atoms with Gasteiger partial charge in [0.1, 0.15) is 89.4 Å². The quantitative estimate of drug-likeness (QED) is 0.0369. The van der Waals surface area contributed by atoms with E-state index in [0.717, 1.165) is 89.4 Å². The molecule has 5 heterocycles. The summed E-state index contributed by atoms with van der Waals surface area (Å²) in [7, 11) is -7.96. The predicted molar refractivity (Wildman–Crippen MR) is 577 cm³/mol. The third-order valence-corrected chi connectivity index (χ3v) is 32.3. The van der Waals surface area contributed by atoms with Gasteiger partial charge in [0.15, 0.2) is 49.2 Å². The average Bonchev–Trinajstić information content (AvgIpc) is 0.803. The van der Waals surface area contributed by atoms with Crippen LogP contribution < -0.4 is 42.6 Å². The van der Waals surface area contributed by atoms with Gasteiger partial charge in [-0.25, -0.2) is 42.1 Å². The zero-order valence-electron chi connectivity index (χ0n) is 81.3. The molecule has 0 saturated heterocycles. The SMILES string of the molecule is COc1ccc(Br)cc1S(=O)(=O)Cc1cncc(-c2ccc(C)cc2)c1.COc1ccc(Br)cc1S(=O)(=O)Cc1cncc(-c2ccc(OCc3ccccc3)cc2)c1.COc1ccc(Cl)cc1S(=O)(=O)Cc1cncc(-c2ccc(C)cc2)c1.COc1ccc(OC)c(S(=O)(=O)Cc2cncc(-c3ccc(C)cc3)c2)c1.COc1ccc(OC)c(S(=O)(=O)Cc2cncc(-c3ccc(OCc4ccccc4)cc3)c2)c1. The van der Waals surface area contributed by atoms with Crippen LogP contribution in [0.15, 0.2) is 399 Å². The van der Waals surface area contributed by atoms with E-state index < -0.39 is 49.2 Å². The molecular formula is C114H104Br2ClN5O19S5. The Morgan fingerprint density at radius 3 is 0.705 bits per heavy atom. The van der Waals surface area contributed by atoms with E-state index in [2.05, 4.69) is 56.8 Å². The Morgan fingerprint density at radius 2 is 0.452 bits per heavy atom. The van der Waals surface area contributed by atoms with Gasteiger partial charge in [-0.05, 0) is 221 Å². The molecule has 0 fully saturated rings. The minimum Gasteiger partial charge on any atom is -0.497 e. The second kappa shape index (κ2) is 50.9. The molecule has 0 spiro atoms. The van der Waals surface area contributed by atoms with Gasteiger partial charge >= 0.3 is 0 Å². The van der Waals surface area contributed by atoms with Crippen molar-refractivity contribution >= 4 is 92.6 Å². The minimum absolute atomic E-state index is 0.0771. The maximum atomic E-state index is 13.2. The number of aryl methyl sites for hydroxylation is 3. The number of nitrogens with zero attached hydrogens (tertiary/aromatic N) is 5. The smallest absolute Gasteiger partial charge is 0.186 e. The third kappa shape index (κ3) is 30.4. The van der Waals surface area contributed by atoms with E-state index in [4.69, 9.17) is 54.2 Å². The highest BCUT2D eigenvalue weighted by molar-refractivity contribution is 9.10. The molecule has 0 N–H and O–H groups in total. The van der Waals surface area contributed by atoms with E-state index in [1.165, 1.54) is 73.5 Å². The summed E-state index contributed by atoms with van der Waals surface area (Å²) in [5.74, 6) is 3.00. The second-order valence-corrected chi connectivity index (χ2v) is 45.4. The topological polar surface area (TPSA) is 318 Å². The van der Waals surface area contributed by atoms with Gasteiger partial charge in [-0.15, -0.1) is 0 Å². The first-order valence-corrected chi connectivity index (χ1v) is 55.4. The van der Waals surface area contributed by atoms with Gasteiger partial charge in [0.25, 0.3) is 0 Å². The number of hydrogen-bond acceptors (Lipinski definition) is 24. The van der Waals surface area contributed by atoms with Crippen molar-refractivity contribution in [2.75, 3.05) is 49.8 Å². The molecule has 0 bridgehead atoms. The molecular weight excluding hydrogens is 2100 g/mol. The van der Waals surface area contributed by atoms with Gasteiger partial charge in [-0.2, -0.15) is 0 Å². The van der Waals surface area contributed by atoms with Gasteiger partial charge in [0.05, 0.1) is 78.5 Å². The van der Waals surface area contributed by atoms with Crippen LogP contribution in [-0.4, -0.2) is 117 Å². The normalized spacial score (nSPS) is 11.2. The van der Waals surface area contributed by atoms with Crippen molar-refractivity contribution in [2.24, 2.45) is 0 Å². The largest absolute Gasteiger partial charge is 0.497 e. The van der Waals surface area contributed by atoms with Crippen LogP contribution in [0.1, 0.15) is 55.6 Å². The number of sulfone groups is 5. The molecule has 32 heteroatoms. The number of methoxy groups -OCH3 is 7. The Balaban J connectivity index is 0.000000153.